The molecular weight excluding hydrogens is 492 g/mol. The van der Waals surface area contributed by atoms with Gasteiger partial charge in [0.1, 0.15) is 36.6 Å². The number of fused-ring (bicyclic) bond motifs is 1. The molecule has 0 radical (unpaired) electrons. The Morgan fingerprint density at radius 1 is 1.08 bits per heavy atom. The maximum Gasteiger partial charge on any atom is 0.331 e. The fraction of sp³-hybridized carbons (Fsp3) is 0.655. The summed E-state index contributed by atoms with van der Waals surface area (Å²) in [5.74, 6) is -0.948. The summed E-state index contributed by atoms with van der Waals surface area (Å²) in [6.45, 7) is 8.45. The van der Waals surface area contributed by atoms with Crippen molar-refractivity contribution in [3.8, 4) is 0 Å². The van der Waals surface area contributed by atoms with Gasteiger partial charge < -0.3 is 33.5 Å². The second-order valence-corrected chi connectivity index (χ2v) is 11.7. The van der Waals surface area contributed by atoms with Gasteiger partial charge in [0, 0.05) is 18.6 Å². The van der Waals surface area contributed by atoms with Crippen LogP contribution in [0.25, 0.3) is 0 Å². The minimum atomic E-state index is -0.786. The highest BCUT2D eigenvalue weighted by Gasteiger charge is 2.87. The Bertz CT molecular complexity index is 1130. The lowest BCUT2D eigenvalue weighted by molar-refractivity contribution is -0.235. The molecule has 1 saturated carbocycles. The van der Waals surface area contributed by atoms with Crippen LogP contribution < -0.4 is 0 Å². The average Bonchev–Trinajstić information content (AvgIpc) is 3.76. The number of cyclic esters (lactones) is 1. The van der Waals surface area contributed by atoms with Gasteiger partial charge in [-0.2, -0.15) is 0 Å². The Labute approximate surface area is 222 Å². The lowest BCUT2D eigenvalue weighted by Gasteiger charge is -2.57. The van der Waals surface area contributed by atoms with E-state index < -0.39 is 46.7 Å². The third-order valence-corrected chi connectivity index (χ3v) is 9.58. The van der Waals surface area contributed by atoms with Crippen molar-refractivity contribution in [2.24, 2.45) is 10.8 Å². The van der Waals surface area contributed by atoms with Crippen LogP contribution in [-0.2, 0) is 38.0 Å². The Morgan fingerprint density at radius 2 is 1.87 bits per heavy atom. The largest absolute Gasteiger partial charge is 0.462 e. The first kappa shape index (κ1) is 26.0. The van der Waals surface area contributed by atoms with E-state index in [0.29, 0.717) is 26.1 Å². The quantitative estimate of drug-likeness (QED) is 0.311. The number of rotatable bonds is 1. The van der Waals surface area contributed by atoms with E-state index in [1.807, 2.05) is 13.8 Å². The summed E-state index contributed by atoms with van der Waals surface area (Å²) in [6, 6.07) is 0. The average molecular weight is 529 g/mol. The van der Waals surface area contributed by atoms with Gasteiger partial charge in [0.2, 0.25) is 0 Å². The van der Waals surface area contributed by atoms with Gasteiger partial charge in [-0.1, -0.05) is 36.8 Å². The van der Waals surface area contributed by atoms with Gasteiger partial charge in [-0.3, -0.25) is 0 Å². The Hall–Kier alpha value is -2.30. The fourth-order valence-electron chi connectivity index (χ4n) is 7.26. The van der Waals surface area contributed by atoms with E-state index in [1.165, 1.54) is 12.2 Å². The van der Waals surface area contributed by atoms with Crippen LogP contribution in [0.2, 0.25) is 0 Å². The van der Waals surface area contributed by atoms with Crippen molar-refractivity contribution in [1.82, 2.24) is 0 Å². The molecule has 10 unspecified atom stereocenters. The van der Waals surface area contributed by atoms with Gasteiger partial charge in [0.15, 0.2) is 0 Å². The molecule has 9 nitrogen and oxygen atoms in total. The first-order chi connectivity index (χ1) is 18.1. The highest BCUT2D eigenvalue weighted by atomic mass is 16.7. The van der Waals surface area contributed by atoms with E-state index >= 15 is 0 Å². The predicted octanol–water partition coefficient (Wildman–Crippen LogP) is 2.33. The van der Waals surface area contributed by atoms with Gasteiger partial charge >= 0.3 is 11.9 Å². The zero-order chi connectivity index (χ0) is 26.9. The van der Waals surface area contributed by atoms with Gasteiger partial charge in [-0.25, -0.2) is 9.59 Å². The number of carbonyl (C=O) groups is 2. The standard InChI is InChI=1S/C29H36O9/c1-16-9-10-33-19(18(3)30)7-5-6-8-23(31)37-20-13-22-29(15-35-29)27(20,4)28(14-34-24(32)11-16)21(36-22)12-17(2)25-26(28)38-25/h5-8,11-12,18-22,25-26,30H,9-10,13-15H2,1-4H3. The molecular formula is C29H36O9. The molecule has 10 atom stereocenters. The number of hydrogen-bond donors (Lipinski definition) is 1. The van der Waals surface area contributed by atoms with Crippen molar-refractivity contribution >= 4 is 11.9 Å². The minimum absolute atomic E-state index is 0.0484. The molecule has 6 rings (SSSR count). The van der Waals surface area contributed by atoms with Crippen LogP contribution in [0.15, 0.2) is 47.6 Å². The lowest BCUT2D eigenvalue weighted by Crippen LogP contribution is -2.69. The molecule has 4 heterocycles. The molecule has 38 heavy (non-hydrogen) atoms. The Balaban J connectivity index is 1.38. The number of ether oxygens (including phenoxy) is 6. The van der Waals surface area contributed by atoms with E-state index in [1.54, 1.807) is 25.2 Å². The summed E-state index contributed by atoms with van der Waals surface area (Å²) in [5.41, 5.74) is -0.222. The molecule has 3 saturated heterocycles. The third kappa shape index (κ3) is 3.78. The van der Waals surface area contributed by atoms with Crippen molar-refractivity contribution in [2.45, 2.75) is 88.9 Å². The third-order valence-electron chi connectivity index (χ3n) is 9.58. The predicted molar refractivity (Wildman–Crippen MR) is 134 cm³/mol. The summed E-state index contributed by atoms with van der Waals surface area (Å²) in [5, 5.41) is 10.1. The van der Waals surface area contributed by atoms with Gasteiger partial charge in [0.05, 0.1) is 42.4 Å². The molecule has 2 spiro atoms. The first-order valence-corrected chi connectivity index (χ1v) is 13.4. The fourth-order valence-corrected chi connectivity index (χ4v) is 7.26. The number of esters is 2. The molecule has 1 N–H and O–H groups in total. The summed E-state index contributed by atoms with van der Waals surface area (Å²) >= 11 is 0. The number of aliphatic hydroxyl groups excluding tert-OH is 1. The lowest BCUT2D eigenvalue weighted by atomic mass is 9.51. The van der Waals surface area contributed by atoms with E-state index in [2.05, 4.69) is 13.0 Å². The van der Waals surface area contributed by atoms with Crippen molar-refractivity contribution in [3.05, 3.63) is 47.6 Å². The molecule has 0 aromatic heterocycles. The highest BCUT2D eigenvalue weighted by Crippen LogP contribution is 2.74. The number of epoxide rings is 2. The van der Waals surface area contributed by atoms with Gasteiger partial charge in [-0.15, -0.1) is 0 Å². The van der Waals surface area contributed by atoms with Crippen LogP contribution >= 0.6 is 0 Å². The van der Waals surface area contributed by atoms with Crippen LogP contribution in [-0.4, -0.2) is 85.2 Å². The SMILES string of the molecule is CC1=CC(=O)OCC23C(C=C(C)C4OC42)OC2CC(OC(=O)C=CC=CC(C(C)O)OCC1)C3(C)C21CO1. The van der Waals surface area contributed by atoms with E-state index in [-0.39, 0.29) is 31.0 Å². The summed E-state index contributed by atoms with van der Waals surface area (Å²) < 4.78 is 36.8. The molecule has 0 amide bonds. The van der Waals surface area contributed by atoms with Crippen molar-refractivity contribution in [2.75, 3.05) is 19.8 Å². The molecule has 6 aliphatic rings. The van der Waals surface area contributed by atoms with Crippen LogP contribution in [0.3, 0.4) is 0 Å². The zero-order valence-corrected chi connectivity index (χ0v) is 22.3. The molecule has 0 aromatic rings. The minimum Gasteiger partial charge on any atom is -0.462 e. The molecule has 9 heteroatoms. The normalized spacial score (nSPS) is 47.0. The van der Waals surface area contributed by atoms with E-state index in [0.717, 1.165) is 11.1 Å². The molecule has 0 aromatic carbocycles. The van der Waals surface area contributed by atoms with Gasteiger partial charge in [0.25, 0.3) is 0 Å². The smallest absolute Gasteiger partial charge is 0.331 e. The number of carbonyl (C=O) groups excluding carboxylic acids is 2. The van der Waals surface area contributed by atoms with Crippen LogP contribution in [0, 0.1) is 10.8 Å². The molecule has 4 fully saturated rings. The Kier molecular flexibility index (Phi) is 6.23. The number of allylic oxidation sites excluding steroid dienone is 2. The maximum atomic E-state index is 13.0. The highest BCUT2D eigenvalue weighted by molar-refractivity contribution is 5.83. The van der Waals surface area contributed by atoms with E-state index in [9.17, 15) is 14.7 Å². The first-order valence-electron chi connectivity index (χ1n) is 13.4. The number of hydrogen-bond acceptors (Lipinski definition) is 9. The van der Waals surface area contributed by atoms with Crippen molar-refractivity contribution in [1.29, 1.82) is 0 Å². The molecule has 206 valence electrons. The number of aliphatic hydroxyl groups is 1. The second-order valence-electron chi connectivity index (χ2n) is 11.7. The van der Waals surface area contributed by atoms with Crippen molar-refractivity contribution < 1.29 is 43.1 Å². The molecule has 4 aliphatic heterocycles. The maximum absolute atomic E-state index is 13.0. The molecule has 2 bridgehead atoms. The monoisotopic (exact) mass is 528 g/mol. The summed E-state index contributed by atoms with van der Waals surface area (Å²) in [7, 11) is 0. The second kappa shape index (κ2) is 9.13. The summed E-state index contributed by atoms with van der Waals surface area (Å²) in [4.78, 5) is 26.0. The van der Waals surface area contributed by atoms with Crippen LogP contribution in [0.4, 0.5) is 0 Å². The zero-order valence-electron chi connectivity index (χ0n) is 22.3. The van der Waals surface area contributed by atoms with Gasteiger partial charge in [-0.05, 0) is 32.8 Å². The topological polar surface area (TPSA) is 116 Å². The van der Waals surface area contributed by atoms with Crippen LogP contribution in [0.5, 0.6) is 0 Å². The summed E-state index contributed by atoms with van der Waals surface area (Å²) in [6.07, 6.45) is 8.09. The van der Waals surface area contributed by atoms with Crippen LogP contribution in [0.1, 0.15) is 40.5 Å². The molecule has 2 aliphatic carbocycles. The van der Waals surface area contributed by atoms with Crippen molar-refractivity contribution in [3.63, 3.8) is 0 Å². The Morgan fingerprint density at radius 3 is 2.61 bits per heavy atom. The van der Waals surface area contributed by atoms with E-state index in [4.69, 9.17) is 28.4 Å².